The first-order valence-electron chi connectivity index (χ1n) is 30.7. The summed E-state index contributed by atoms with van der Waals surface area (Å²) in [5.41, 5.74) is 1.05. The highest BCUT2D eigenvalue weighted by molar-refractivity contribution is 6.01. The van der Waals surface area contributed by atoms with Gasteiger partial charge in [-0.3, -0.25) is 71.9 Å². The van der Waals surface area contributed by atoms with E-state index < -0.39 is 195 Å². The van der Waals surface area contributed by atoms with E-state index in [-0.39, 0.29) is 44.3 Å². The van der Waals surface area contributed by atoms with Crippen molar-refractivity contribution in [2.24, 2.45) is 5.92 Å². The Bertz CT molecular complexity index is 2750. The predicted molar refractivity (Wildman–Crippen MR) is 318 cm³/mol. The zero-order valence-corrected chi connectivity index (χ0v) is 51.4. The molecule has 498 valence electrons. The molecule has 10 atom stereocenters. The van der Waals surface area contributed by atoms with Crippen LogP contribution < -0.4 is 53.2 Å². The van der Waals surface area contributed by atoms with Crippen LogP contribution in [0.25, 0.3) is 0 Å². The van der Waals surface area contributed by atoms with Crippen LogP contribution in [0.2, 0.25) is 0 Å². The van der Waals surface area contributed by atoms with Crippen molar-refractivity contribution in [1.29, 1.82) is 0 Å². The molecule has 90 heavy (non-hydrogen) atoms. The lowest BCUT2D eigenvalue weighted by Crippen LogP contribution is -2.63. The number of carboxylic acids is 3. The van der Waals surface area contributed by atoms with E-state index in [1.54, 1.807) is 26.0 Å². The fourth-order valence-electron chi connectivity index (χ4n) is 10.5. The summed E-state index contributed by atoms with van der Waals surface area (Å²) in [6.07, 6.45) is 6.20. The van der Waals surface area contributed by atoms with Crippen LogP contribution in [-0.2, 0) is 73.5 Å². The molecule has 0 aliphatic carbocycles. The normalized spacial score (nSPS) is 23.6. The number of amides is 12. The zero-order chi connectivity index (χ0) is 66.6. The largest absolute Gasteiger partial charge is 0.481 e. The molecule has 0 unspecified atom stereocenters. The molecule has 0 saturated carbocycles. The van der Waals surface area contributed by atoms with Crippen molar-refractivity contribution in [3.63, 3.8) is 0 Å². The third kappa shape index (κ3) is 24.0. The van der Waals surface area contributed by atoms with E-state index in [0.29, 0.717) is 12.8 Å². The number of benzene rings is 1. The van der Waals surface area contributed by atoms with Gasteiger partial charge in [0.2, 0.25) is 65.0 Å². The number of carbonyl (C=O) groups is 15. The lowest BCUT2D eigenvalue weighted by atomic mass is 9.96. The number of nitrogens with one attached hydrogen (secondary N) is 10. The Morgan fingerprint density at radius 1 is 0.567 bits per heavy atom. The number of unbranched alkanes of at least 4 members (excludes halogenated alkanes) is 7. The molecule has 0 spiro atoms. The number of carbonyl (C=O) groups excluding carboxylic acids is 12. The number of nitrogens with zero attached hydrogens (tertiary/aromatic N) is 2. The van der Waals surface area contributed by atoms with Crippen molar-refractivity contribution in [3.05, 3.63) is 35.4 Å². The molecule has 1 aromatic carbocycles. The molecule has 3 aliphatic rings. The second-order valence-electron chi connectivity index (χ2n) is 22.8. The van der Waals surface area contributed by atoms with Gasteiger partial charge in [0.05, 0.1) is 45.0 Å². The van der Waals surface area contributed by atoms with Crippen molar-refractivity contribution in [1.82, 2.24) is 63.0 Å². The van der Waals surface area contributed by atoms with Crippen LogP contribution in [-0.4, -0.2) is 213 Å². The van der Waals surface area contributed by atoms with Gasteiger partial charge in [-0.25, -0.2) is 0 Å². The summed E-state index contributed by atoms with van der Waals surface area (Å²) >= 11 is 0. The van der Waals surface area contributed by atoms with Crippen LogP contribution in [0.1, 0.15) is 153 Å². The summed E-state index contributed by atoms with van der Waals surface area (Å²) in [5, 5.41) is 62.7. The average molecular weight is 1270 g/mol. The first-order valence-corrected chi connectivity index (χ1v) is 30.7. The molecule has 3 aliphatic heterocycles. The second kappa shape index (κ2) is 37.3. The van der Waals surface area contributed by atoms with E-state index in [0.717, 1.165) is 49.5 Å². The Morgan fingerprint density at radius 3 is 1.60 bits per heavy atom. The highest BCUT2D eigenvalue weighted by atomic mass is 16.4. The Morgan fingerprint density at radius 2 is 1.07 bits per heavy atom. The van der Waals surface area contributed by atoms with Gasteiger partial charge in [-0.1, -0.05) is 84.3 Å². The van der Waals surface area contributed by atoms with Crippen LogP contribution in [0.4, 0.5) is 0 Å². The fourth-order valence-corrected chi connectivity index (χ4v) is 10.5. The average Bonchev–Trinajstić information content (AvgIpc) is 2.66. The Balaban J connectivity index is 1.69. The molecule has 0 bridgehead atoms. The number of hydrogen-bond donors (Lipinski definition) is 14. The number of aliphatic hydroxyl groups is 1. The number of aliphatic carboxylic acids is 3. The van der Waals surface area contributed by atoms with Gasteiger partial charge < -0.3 is 83.4 Å². The lowest BCUT2D eigenvalue weighted by molar-refractivity contribution is -0.146. The standard InChI is InChI=1S/C59H88N12O19/c1-5-7-8-9-10-11-12-13-17-35-20-22-36(23-21-35)51(82)66-39(28-48(80)81)54(85)67-40-29-60-55(86)42-19-16-25-71(42)59(90)49(33(3)6-2)69-57(88)50(34(4)72)68-45(75)32-62-53(84)38(27-47(78)79)64-43(73)30-61-52(83)37(26-46(76)77)65-44(74)31-63-56(87)41-18-14-15-24-70(41)58(40)89/h20-23,33-34,37-42,49-50,72H,5-19,24-32H2,1-4H3,(H,60,86)(H,61,83)(H,62,84)(H,63,87)(H,64,73)(H,65,74)(H,66,82)(H,67,85)(H,68,75)(H,69,88)(H,76,77)(H,78,79)(H,80,81)/t33-,34+,37-,38-,39-,40-,41-,42-,49-,50-/m0/s1. The van der Waals surface area contributed by atoms with Crippen molar-refractivity contribution in [2.75, 3.05) is 39.3 Å². The molecular weight excluding hydrogens is 1180 g/mol. The van der Waals surface area contributed by atoms with Crippen LogP contribution in [0.15, 0.2) is 24.3 Å². The predicted octanol–water partition coefficient (Wildman–Crippen LogP) is -2.41. The van der Waals surface area contributed by atoms with Gasteiger partial charge in [0, 0.05) is 25.2 Å². The SMILES string of the molecule is CCCCCCCCCCc1ccc(C(=O)N[C@@H](CC(=O)O)C(=O)N[C@H]2CNC(=O)[C@@H]3CCCN3C(=O)[C@H]([C@@H](C)CC)NC(=O)[C@H]([C@@H](C)O)NC(=O)CNC(=O)[C@H](CC(=O)O)NC(=O)CNC(=O)[C@H](CC(=O)O)NC(=O)CNC(=O)[C@@H]3CCCCN3C2=O)cc1. The monoisotopic (exact) mass is 1270 g/mol. The molecule has 0 aromatic heterocycles. The molecule has 12 amide bonds. The van der Waals surface area contributed by atoms with E-state index in [2.05, 4.69) is 60.1 Å². The fraction of sp³-hybridized carbons (Fsp3) is 0.644. The van der Waals surface area contributed by atoms with Gasteiger partial charge in [-0.2, -0.15) is 0 Å². The van der Waals surface area contributed by atoms with Gasteiger partial charge in [0.1, 0.15) is 48.3 Å². The first kappa shape index (κ1) is 73.7. The number of aliphatic hydroxyl groups excluding tert-OH is 1. The van der Waals surface area contributed by atoms with Crippen LogP contribution in [0.5, 0.6) is 0 Å². The van der Waals surface area contributed by atoms with Crippen molar-refractivity contribution < 1.29 is 92.3 Å². The molecule has 1 aromatic rings. The molecule has 31 nitrogen and oxygen atoms in total. The van der Waals surface area contributed by atoms with Crippen LogP contribution in [0, 0.1) is 5.92 Å². The molecule has 31 heteroatoms. The summed E-state index contributed by atoms with van der Waals surface area (Å²) in [6.45, 7) is 2.80. The second-order valence-corrected chi connectivity index (χ2v) is 22.8. The van der Waals surface area contributed by atoms with Gasteiger partial charge in [0.15, 0.2) is 0 Å². The number of rotatable bonds is 22. The molecule has 4 rings (SSSR count). The number of fused-ring (bicyclic) bond motifs is 2. The molecule has 3 saturated heterocycles. The maximum absolute atomic E-state index is 14.9. The Kier molecular flexibility index (Phi) is 30.5. The molecular formula is C59H88N12O19. The summed E-state index contributed by atoms with van der Waals surface area (Å²) in [4.78, 5) is 204. The first-order chi connectivity index (χ1) is 42.7. The molecule has 3 heterocycles. The van der Waals surface area contributed by atoms with Crippen molar-refractivity contribution >= 4 is 88.8 Å². The minimum atomic E-state index is -1.90. The minimum absolute atomic E-state index is 0.0212. The zero-order valence-electron chi connectivity index (χ0n) is 51.4. The summed E-state index contributed by atoms with van der Waals surface area (Å²) in [6, 6.07) is -6.70. The Hall–Kier alpha value is -8.77. The number of aryl methyl sites for hydroxylation is 1. The summed E-state index contributed by atoms with van der Waals surface area (Å²) < 4.78 is 0. The highest BCUT2D eigenvalue weighted by Crippen LogP contribution is 2.23. The third-order valence-electron chi connectivity index (χ3n) is 15.7. The van der Waals surface area contributed by atoms with Crippen molar-refractivity contribution in [3.8, 4) is 0 Å². The molecule has 14 N–H and O–H groups in total. The van der Waals surface area contributed by atoms with Gasteiger partial charge in [-0.05, 0) is 75.5 Å². The number of carboxylic acid groups (broad SMARTS) is 3. The summed E-state index contributed by atoms with van der Waals surface area (Å²) in [7, 11) is 0. The maximum Gasteiger partial charge on any atom is 0.305 e. The van der Waals surface area contributed by atoms with Gasteiger partial charge in [0.25, 0.3) is 5.91 Å². The van der Waals surface area contributed by atoms with E-state index in [1.807, 2.05) is 0 Å². The smallest absolute Gasteiger partial charge is 0.305 e. The molecule has 0 radical (unpaired) electrons. The highest BCUT2D eigenvalue weighted by Gasteiger charge is 2.43. The van der Waals surface area contributed by atoms with E-state index >= 15 is 0 Å². The maximum atomic E-state index is 14.9. The van der Waals surface area contributed by atoms with E-state index in [1.165, 1.54) is 42.7 Å². The lowest BCUT2D eigenvalue weighted by Gasteiger charge is -2.37. The number of piperidine rings is 1. The Labute approximate surface area is 520 Å². The topological polar surface area (TPSA) is 464 Å². The van der Waals surface area contributed by atoms with Crippen molar-refractivity contribution in [2.45, 2.75) is 198 Å². The third-order valence-corrected chi connectivity index (χ3v) is 15.7. The quantitative estimate of drug-likeness (QED) is 0.0538. The van der Waals surface area contributed by atoms with E-state index in [4.69, 9.17) is 0 Å². The van der Waals surface area contributed by atoms with Gasteiger partial charge >= 0.3 is 17.9 Å². The minimum Gasteiger partial charge on any atom is -0.481 e. The van der Waals surface area contributed by atoms with Gasteiger partial charge in [-0.15, -0.1) is 0 Å². The molecule has 3 fully saturated rings. The number of hydrogen-bond acceptors (Lipinski definition) is 16. The van der Waals surface area contributed by atoms with Crippen LogP contribution in [0.3, 0.4) is 0 Å². The van der Waals surface area contributed by atoms with E-state index in [9.17, 15) is 92.3 Å². The summed E-state index contributed by atoms with van der Waals surface area (Å²) in [5.74, 6) is -18.0. The van der Waals surface area contributed by atoms with Crippen LogP contribution >= 0.6 is 0 Å².